The first kappa shape index (κ1) is 10.1. The number of carbonyl (C=O) groups excluding carboxylic acids is 1. The number of nitrogens with one attached hydrogen (secondary N) is 1. The van der Waals surface area contributed by atoms with E-state index in [1.807, 2.05) is 0 Å². The molecule has 0 aromatic carbocycles. The van der Waals surface area contributed by atoms with E-state index in [2.05, 4.69) is 5.32 Å². The predicted molar refractivity (Wildman–Crippen MR) is 38.8 cm³/mol. The zero-order valence-electron chi connectivity index (χ0n) is 5.50. The Bertz CT molecular complexity index is 231. The van der Waals surface area contributed by atoms with Crippen LogP contribution >= 0.6 is 12.4 Å². The second-order valence-electron chi connectivity index (χ2n) is 2.00. The Morgan fingerprint density at radius 1 is 1.73 bits per heavy atom. The van der Waals surface area contributed by atoms with Crippen molar-refractivity contribution in [1.29, 1.82) is 5.26 Å². The van der Waals surface area contributed by atoms with Crippen LogP contribution < -0.4 is 5.32 Å². The first-order valence-corrected chi connectivity index (χ1v) is 2.81. The quantitative estimate of drug-likeness (QED) is 0.529. The minimum Gasteiger partial charge on any atom is -0.294 e. The zero-order valence-corrected chi connectivity index (χ0v) is 6.32. The van der Waals surface area contributed by atoms with Crippen LogP contribution in [-0.4, -0.2) is 24.7 Å². The van der Waals surface area contributed by atoms with Crippen molar-refractivity contribution >= 4 is 18.3 Å². The summed E-state index contributed by atoms with van der Waals surface area (Å²) in [6.07, 6.45) is -1.33. The van der Waals surface area contributed by atoms with Crippen molar-refractivity contribution in [3.8, 4) is 6.07 Å². The van der Waals surface area contributed by atoms with Crippen molar-refractivity contribution in [2.24, 2.45) is 0 Å². The van der Waals surface area contributed by atoms with Gasteiger partial charge in [-0.2, -0.15) is 5.26 Å². The molecular formula is C6H6ClFN2O. The molecule has 60 valence electrons. The third kappa shape index (κ3) is 1.78. The highest BCUT2D eigenvalue weighted by atomic mass is 35.5. The number of halogens is 2. The Labute approximate surface area is 69.3 Å². The van der Waals surface area contributed by atoms with Crippen molar-refractivity contribution in [2.45, 2.75) is 12.2 Å². The molecular weight excluding hydrogens is 171 g/mol. The summed E-state index contributed by atoms with van der Waals surface area (Å²) in [5.41, 5.74) is -0.109. The number of hydrogen-bond acceptors (Lipinski definition) is 3. The van der Waals surface area contributed by atoms with E-state index in [4.69, 9.17) is 5.26 Å². The Hall–Kier alpha value is -0.880. The zero-order chi connectivity index (χ0) is 7.56. The Morgan fingerprint density at radius 2 is 2.36 bits per heavy atom. The van der Waals surface area contributed by atoms with E-state index in [1.165, 1.54) is 5.94 Å². The van der Waals surface area contributed by atoms with Gasteiger partial charge in [0, 0.05) is 6.54 Å². The van der Waals surface area contributed by atoms with Crippen LogP contribution in [0.5, 0.6) is 0 Å². The molecule has 0 aliphatic carbocycles. The lowest BCUT2D eigenvalue weighted by molar-refractivity contribution is 0.406. The van der Waals surface area contributed by atoms with Gasteiger partial charge >= 0.3 is 0 Å². The van der Waals surface area contributed by atoms with Crippen molar-refractivity contribution in [1.82, 2.24) is 5.32 Å². The molecule has 0 radical (unpaired) electrons. The fraction of sp³-hybridized carbons (Fsp3) is 0.500. The summed E-state index contributed by atoms with van der Waals surface area (Å²) in [5.74, 6) is 1.42. The third-order valence-electron chi connectivity index (χ3n) is 1.40. The van der Waals surface area contributed by atoms with E-state index >= 15 is 0 Å². The molecule has 11 heavy (non-hydrogen) atoms. The maximum atomic E-state index is 12.5. The Balaban J connectivity index is 0.000001000. The molecule has 3 nitrogen and oxygen atoms in total. The summed E-state index contributed by atoms with van der Waals surface area (Å²) in [7, 11) is 0. The largest absolute Gasteiger partial charge is 0.294 e. The van der Waals surface area contributed by atoms with Gasteiger partial charge in [-0.05, 0) is 0 Å². The number of nitriles is 1. The molecule has 2 atom stereocenters. The molecule has 0 amide bonds. The summed E-state index contributed by atoms with van der Waals surface area (Å²) >= 11 is 0. The topological polar surface area (TPSA) is 52.9 Å². The van der Waals surface area contributed by atoms with Crippen LogP contribution in [0, 0.1) is 11.3 Å². The van der Waals surface area contributed by atoms with Gasteiger partial charge in [0.1, 0.15) is 18.2 Å². The summed E-state index contributed by atoms with van der Waals surface area (Å²) in [4.78, 5) is 9.99. The molecule has 1 rings (SSSR count). The van der Waals surface area contributed by atoms with E-state index in [0.717, 1.165) is 0 Å². The third-order valence-corrected chi connectivity index (χ3v) is 1.40. The first-order chi connectivity index (χ1) is 4.79. The SMILES string of the molecule is Cl.N#CC1NCC(F)C1=C=O. The second kappa shape index (κ2) is 4.09. The summed E-state index contributed by atoms with van der Waals surface area (Å²) in [6, 6.07) is 0.974. The van der Waals surface area contributed by atoms with Crippen molar-refractivity contribution in [3.05, 3.63) is 5.57 Å². The molecule has 1 heterocycles. The normalized spacial score (nSPS) is 28.5. The minimum atomic E-state index is -1.33. The number of rotatable bonds is 0. The molecule has 0 bridgehead atoms. The molecule has 1 aliphatic heterocycles. The predicted octanol–water partition coefficient (Wildman–Crippen LogP) is -0.000320. The number of nitrogens with zero attached hydrogens (tertiary/aromatic N) is 1. The van der Waals surface area contributed by atoms with Gasteiger partial charge in [0.05, 0.1) is 11.6 Å². The number of alkyl halides is 1. The van der Waals surface area contributed by atoms with Gasteiger partial charge in [-0.1, -0.05) is 0 Å². The van der Waals surface area contributed by atoms with Crippen LogP contribution in [0.1, 0.15) is 0 Å². The van der Waals surface area contributed by atoms with E-state index in [0.29, 0.717) is 0 Å². The lowest BCUT2D eigenvalue weighted by atomic mass is 10.1. The molecule has 1 saturated heterocycles. The van der Waals surface area contributed by atoms with Gasteiger partial charge in [0.25, 0.3) is 0 Å². The summed E-state index contributed by atoms with van der Waals surface area (Å²) in [5, 5.41) is 10.8. The monoisotopic (exact) mass is 176 g/mol. The van der Waals surface area contributed by atoms with Gasteiger partial charge in [-0.3, -0.25) is 5.32 Å². The van der Waals surface area contributed by atoms with Gasteiger partial charge in [0.2, 0.25) is 0 Å². The van der Waals surface area contributed by atoms with Crippen molar-refractivity contribution in [3.63, 3.8) is 0 Å². The molecule has 5 heteroatoms. The highest BCUT2D eigenvalue weighted by Crippen LogP contribution is 2.13. The molecule has 1 fully saturated rings. The van der Waals surface area contributed by atoms with Crippen LogP contribution in [0.2, 0.25) is 0 Å². The number of hydrogen-bond donors (Lipinski definition) is 1. The second-order valence-corrected chi connectivity index (χ2v) is 2.00. The van der Waals surface area contributed by atoms with Gasteiger partial charge in [-0.25, -0.2) is 9.18 Å². The average Bonchev–Trinajstić information content (AvgIpc) is 2.30. The standard InChI is InChI=1S/C6H5FN2O.ClH/c7-5-2-9-6(1-8)4(5)3-10;/h5-6,9H,2H2;1H. The lowest BCUT2D eigenvalue weighted by Gasteiger charge is -1.94. The summed E-state index contributed by atoms with van der Waals surface area (Å²) in [6.45, 7) is 0.0444. The van der Waals surface area contributed by atoms with E-state index in [-0.39, 0.29) is 24.5 Å². The molecule has 1 N–H and O–H groups in total. The highest BCUT2D eigenvalue weighted by molar-refractivity contribution is 5.85. The first-order valence-electron chi connectivity index (χ1n) is 2.81. The molecule has 0 aromatic heterocycles. The molecule has 0 saturated carbocycles. The fourth-order valence-electron chi connectivity index (χ4n) is 0.860. The lowest BCUT2D eigenvalue weighted by Crippen LogP contribution is -2.20. The average molecular weight is 177 g/mol. The maximum absolute atomic E-state index is 12.5. The van der Waals surface area contributed by atoms with Crippen LogP contribution in [0.3, 0.4) is 0 Å². The Kier molecular flexibility index (Phi) is 3.77. The van der Waals surface area contributed by atoms with Crippen LogP contribution in [0.4, 0.5) is 4.39 Å². The van der Waals surface area contributed by atoms with Crippen molar-refractivity contribution in [2.75, 3.05) is 6.54 Å². The molecule has 0 aromatic rings. The van der Waals surface area contributed by atoms with Gasteiger partial charge in [0.15, 0.2) is 0 Å². The molecule has 2 unspecified atom stereocenters. The van der Waals surface area contributed by atoms with Crippen LogP contribution in [-0.2, 0) is 4.79 Å². The van der Waals surface area contributed by atoms with E-state index < -0.39 is 12.2 Å². The molecule has 0 spiro atoms. The molecule has 1 aliphatic rings. The highest BCUT2D eigenvalue weighted by Gasteiger charge is 2.30. The van der Waals surface area contributed by atoms with E-state index in [9.17, 15) is 9.18 Å². The summed E-state index contributed by atoms with van der Waals surface area (Å²) < 4.78 is 12.5. The smallest absolute Gasteiger partial charge is 0.147 e. The van der Waals surface area contributed by atoms with Crippen LogP contribution in [0.25, 0.3) is 0 Å². The van der Waals surface area contributed by atoms with E-state index in [1.54, 1.807) is 6.07 Å². The van der Waals surface area contributed by atoms with Crippen LogP contribution in [0.15, 0.2) is 5.57 Å². The van der Waals surface area contributed by atoms with Gasteiger partial charge in [-0.15, -0.1) is 12.4 Å². The maximum Gasteiger partial charge on any atom is 0.147 e. The van der Waals surface area contributed by atoms with Crippen molar-refractivity contribution < 1.29 is 9.18 Å². The minimum absolute atomic E-state index is 0. The Morgan fingerprint density at radius 3 is 2.73 bits per heavy atom. The fourth-order valence-corrected chi connectivity index (χ4v) is 0.860. The van der Waals surface area contributed by atoms with Gasteiger partial charge < -0.3 is 0 Å².